The maximum atomic E-state index is 12.5. The lowest BCUT2D eigenvalue weighted by atomic mass is 10.2. The van der Waals surface area contributed by atoms with Crippen molar-refractivity contribution in [2.75, 3.05) is 0 Å². The minimum absolute atomic E-state index is 0.195. The van der Waals surface area contributed by atoms with Gasteiger partial charge < -0.3 is 4.98 Å². The molecule has 24 heavy (non-hydrogen) atoms. The van der Waals surface area contributed by atoms with Crippen LogP contribution in [0.5, 0.6) is 0 Å². The van der Waals surface area contributed by atoms with Crippen molar-refractivity contribution in [2.45, 2.75) is 23.6 Å². The van der Waals surface area contributed by atoms with Crippen molar-refractivity contribution >= 4 is 33.0 Å². The van der Waals surface area contributed by atoms with E-state index in [4.69, 9.17) is 11.6 Å². The molecule has 0 saturated heterocycles. The van der Waals surface area contributed by atoms with Crippen molar-refractivity contribution in [1.29, 1.82) is 0 Å². The fourth-order valence-electron chi connectivity index (χ4n) is 2.30. The summed E-state index contributed by atoms with van der Waals surface area (Å²) >= 11 is 6.86. The van der Waals surface area contributed by atoms with E-state index in [1.54, 1.807) is 12.3 Å². The summed E-state index contributed by atoms with van der Waals surface area (Å²) in [6.45, 7) is 1.90. The maximum Gasteiger partial charge on any atom is 0.250 e. The highest BCUT2D eigenvalue weighted by atomic mass is 35.5. The van der Waals surface area contributed by atoms with Crippen LogP contribution in [0.2, 0.25) is 4.34 Å². The summed E-state index contributed by atoms with van der Waals surface area (Å²) in [6, 6.07) is 12.4. The second-order valence-corrected chi connectivity index (χ2v) is 8.84. The van der Waals surface area contributed by atoms with Gasteiger partial charge in [0.05, 0.1) is 22.3 Å². The van der Waals surface area contributed by atoms with Crippen molar-refractivity contribution in [3.05, 3.63) is 58.8 Å². The zero-order valence-electron chi connectivity index (χ0n) is 12.9. The number of aromatic amines is 1. The van der Waals surface area contributed by atoms with Gasteiger partial charge in [-0.2, -0.15) is 4.72 Å². The number of sulfonamides is 1. The molecule has 3 rings (SSSR count). The topological polar surface area (TPSA) is 74.8 Å². The fourth-order valence-corrected chi connectivity index (χ4v) is 5.08. The van der Waals surface area contributed by atoms with Crippen molar-refractivity contribution < 1.29 is 8.42 Å². The molecule has 3 aromatic rings. The summed E-state index contributed by atoms with van der Waals surface area (Å²) in [6.07, 6.45) is 2.28. The number of aromatic nitrogens is 2. The zero-order valence-corrected chi connectivity index (χ0v) is 15.3. The summed E-state index contributed by atoms with van der Waals surface area (Å²) in [5, 5.41) is 0. The molecule has 0 aliphatic heterocycles. The maximum absolute atomic E-state index is 12.5. The van der Waals surface area contributed by atoms with Crippen molar-refractivity contribution in [2.24, 2.45) is 0 Å². The van der Waals surface area contributed by atoms with Crippen molar-refractivity contribution in [3.63, 3.8) is 0 Å². The highest BCUT2D eigenvalue weighted by Gasteiger charge is 2.23. The van der Waals surface area contributed by atoms with E-state index in [-0.39, 0.29) is 4.21 Å². The number of benzene rings is 1. The molecular formula is C16H16ClN3O2S2. The van der Waals surface area contributed by atoms with E-state index >= 15 is 0 Å². The van der Waals surface area contributed by atoms with Gasteiger partial charge >= 0.3 is 0 Å². The summed E-state index contributed by atoms with van der Waals surface area (Å²) < 4.78 is 28.2. The van der Waals surface area contributed by atoms with Crippen molar-refractivity contribution in [3.8, 4) is 11.3 Å². The Morgan fingerprint density at radius 2 is 2.00 bits per heavy atom. The van der Waals surface area contributed by atoms with Crippen LogP contribution in [-0.4, -0.2) is 18.4 Å². The summed E-state index contributed by atoms with van der Waals surface area (Å²) in [7, 11) is -3.63. The Balaban J connectivity index is 1.83. The van der Waals surface area contributed by atoms with Gasteiger partial charge in [0.1, 0.15) is 10.0 Å². The number of hydrogen-bond acceptors (Lipinski definition) is 4. The minimum Gasteiger partial charge on any atom is -0.341 e. The highest BCUT2D eigenvalue weighted by molar-refractivity contribution is 7.91. The summed E-state index contributed by atoms with van der Waals surface area (Å²) in [4.78, 5) is 7.54. The molecule has 5 nitrogen and oxygen atoms in total. The van der Waals surface area contributed by atoms with E-state index in [0.29, 0.717) is 16.6 Å². The number of nitrogens with zero attached hydrogens (tertiary/aromatic N) is 1. The van der Waals surface area contributed by atoms with E-state index in [1.807, 2.05) is 37.3 Å². The van der Waals surface area contributed by atoms with Crippen LogP contribution >= 0.6 is 22.9 Å². The SMILES string of the molecule is CCC(NS(=O)(=O)c1ccc(Cl)s1)c1ncc(-c2ccccc2)[nH]1. The van der Waals surface area contributed by atoms with Crippen LogP contribution in [0.15, 0.2) is 52.9 Å². The second kappa shape index (κ2) is 7.06. The standard InChI is InChI=1S/C16H16ClN3O2S2/c1-2-12(20-24(21,22)15-9-8-14(17)23-15)16-18-10-13(19-16)11-6-4-3-5-7-11/h3-10,12,20H,2H2,1H3,(H,18,19). The van der Waals surface area contributed by atoms with Crippen LogP contribution in [0.4, 0.5) is 0 Å². The van der Waals surface area contributed by atoms with Crippen LogP contribution in [0.1, 0.15) is 25.2 Å². The van der Waals surface area contributed by atoms with Crippen molar-refractivity contribution in [1.82, 2.24) is 14.7 Å². The molecule has 0 aliphatic rings. The number of thiophene rings is 1. The van der Waals surface area contributed by atoms with Gasteiger partial charge in [0.2, 0.25) is 0 Å². The molecule has 1 unspecified atom stereocenters. The number of nitrogens with one attached hydrogen (secondary N) is 2. The van der Waals surface area contributed by atoms with Crippen LogP contribution < -0.4 is 4.72 Å². The molecule has 126 valence electrons. The molecule has 0 aliphatic carbocycles. The molecule has 0 spiro atoms. The van der Waals surface area contributed by atoms with Gasteiger partial charge in [-0.3, -0.25) is 0 Å². The summed E-state index contributed by atoms with van der Waals surface area (Å²) in [5.41, 5.74) is 1.85. The second-order valence-electron chi connectivity index (χ2n) is 5.19. The summed E-state index contributed by atoms with van der Waals surface area (Å²) in [5.74, 6) is 0.586. The van der Waals surface area contributed by atoms with Crippen LogP contribution in [0, 0.1) is 0 Å². The van der Waals surface area contributed by atoms with Gasteiger partial charge in [-0.05, 0) is 24.1 Å². The largest absolute Gasteiger partial charge is 0.341 e. The van der Waals surface area contributed by atoms with Gasteiger partial charge in [0, 0.05) is 0 Å². The lowest BCUT2D eigenvalue weighted by Gasteiger charge is -2.14. The van der Waals surface area contributed by atoms with Gasteiger partial charge in [0.25, 0.3) is 10.0 Å². The molecule has 2 aromatic heterocycles. The number of hydrogen-bond donors (Lipinski definition) is 2. The number of rotatable bonds is 6. The molecule has 0 amide bonds. The third-order valence-electron chi connectivity index (χ3n) is 3.53. The predicted octanol–water partition coefficient (Wildman–Crippen LogP) is 4.22. The predicted molar refractivity (Wildman–Crippen MR) is 96.7 cm³/mol. The van der Waals surface area contributed by atoms with Gasteiger partial charge in [-0.15, -0.1) is 11.3 Å². The number of halogens is 1. The third-order valence-corrected chi connectivity index (χ3v) is 6.72. The quantitative estimate of drug-likeness (QED) is 0.671. The molecule has 0 bridgehead atoms. The third kappa shape index (κ3) is 3.70. The van der Waals surface area contributed by atoms with Gasteiger partial charge in [-0.1, -0.05) is 48.9 Å². The molecule has 2 heterocycles. The van der Waals surface area contributed by atoms with Gasteiger partial charge in [-0.25, -0.2) is 13.4 Å². The van der Waals surface area contributed by atoms with E-state index in [9.17, 15) is 8.42 Å². The van der Waals surface area contributed by atoms with Crippen LogP contribution in [-0.2, 0) is 10.0 Å². The fraction of sp³-hybridized carbons (Fsp3) is 0.188. The average Bonchev–Trinajstić information content (AvgIpc) is 3.23. The number of imidazole rings is 1. The lowest BCUT2D eigenvalue weighted by molar-refractivity contribution is 0.541. The average molecular weight is 382 g/mol. The van der Waals surface area contributed by atoms with Crippen LogP contribution in [0.25, 0.3) is 11.3 Å². The zero-order chi connectivity index (χ0) is 17.2. The molecule has 0 radical (unpaired) electrons. The molecule has 0 fully saturated rings. The minimum atomic E-state index is -3.63. The Kier molecular flexibility index (Phi) is 5.05. The molecule has 2 N–H and O–H groups in total. The highest BCUT2D eigenvalue weighted by Crippen LogP contribution is 2.27. The molecule has 1 aromatic carbocycles. The monoisotopic (exact) mass is 381 g/mol. The Morgan fingerprint density at radius 3 is 2.62 bits per heavy atom. The normalized spacial score (nSPS) is 13.1. The molecule has 0 saturated carbocycles. The lowest BCUT2D eigenvalue weighted by Crippen LogP contribution is -2.28. The van der Waals surface area contributed by atoms with E-state index in [2.05, 4.69) is 14.7 Å². The Hall–Kier alpha value is -1.67. The number of H-pyrrole nitrogens is 1. The first-order valence-corrected chi connectivity index (χ1v) is 10.1. The first kappa shape index (κ1) is 17.2. The molecular weight excluding hydrogens is 366 g/mol. The van der Waals surface area contributed by atoms with E-state index in [1.165, 1.54) is 6.07 Å². The molecule has 1 atom stereocenters. The van der Waals surface area contributed by atoms with E-state index < -0.39 is 16.1 Å². The Bertz CT molecular complexity index is 920. The first-order chi connectivity index (χ1) is 11.5. The molecule has 8 heteroatoms. The Labute approximate surface area is 149 Å². The first-order valence-electron chi connectivity index (χ1n) is 7.37. The van der Waals surface area contributed by atoms with E-state index in [0.717, 1.165) is 22.6 Å². The van der Waals surface area contributed by atoms with Gasteiger partial charge in [0.15, 0.2) is 0 Å². The Morgan fingerprint density at radius 1 is 1.25 bits per heavy atom. The smallest absolute Gasteiger partial charge is 0.250 e. The van der Waals surface area contributed by atoms with Crippen LogP contribution in [0.3, 0.4) is 0 Å².